The number of carbonyl (C=O) groups excluding carboxylic acids is 3. The number of para-hydroxylation sites is 1. The second-order valence-electron chi connectivity index (χ2n) is 8.75. The van der Waals surface area contributed by atoms with Gasteiger partial charge in [0.25, 0.3) is 5.91 Å². The molecule has 1 aliphatic heterocycles. The van der Waals surface area contributed by atoms with Gasteiger partial charge in [-0.05, 0) is 32.9 Å². The van der Waals surface area contributed by atoms with Crippen LogP contribution in [0.15, 0.2) is 54.6 Å². The van der Waals surface area contributed by atoms with Gasteiger partial charge in [-0.2, -0.15) is 0 Å². The van der Waals surface area contributed by atoms with E-state index in [9.17, 15) is 14.4 Å². The van der Waals surface area contributed by atoms with Crippen molar-refractivity contribution in [3.05, 3.63) is 65.7 Å². The summed E-state index contributed by atoms with van der Waals surface area (Å²) in [5, 5.41) is 2.68. The molecule has 1 heterocycles. The number of Topliss-reactive ketones (excluding diaryl/α,β-unsaturated/α-hetero) is 1. The van der Waals surface area contributed by atoms with Gasteiger partial charge in [0.05, 0.1) is 12.1 Å². The van der Waals surface area contributed by atoms with Crippen LogP contribution in [0.3, 0.4) is 0 Å². The predicted octanol–water partition coefficient (Wildman–Crippen LogP) is 4.08. The molecule has 0 atom stereocenters. The Balaban J connectivity index is 1.55. The molecule has 2 aromatic carbocycles. The molecule has 0 aliphatic carbocycles. The fraction of sp³-hybridized carbons (Fsp3) is 0.400. The summed E-state index contributed by atoms with van der Waals surface area (Å²) in [6.07, 6.45) is 0.844. The largest absolute Gasteiger partial charge is 0.489 e. The SMILES string of the molecule is CC(C)(C)OC(=O)N1CCC(Oc2ccccc2C(=O)NCC(=O)c2ccccc2)CC1. The number of benzene rings is 2. The van der Waals surface area contributed by atoms with Crippen molar-refractivity contribution < 1.29 is 23.9 Å². The van der Waals surface area contributed by atoms with Crippen LogP contribution in [0.2, 0.25) is 0 Å². The van der Waals surface area contributed by atoms with Gasteiger partial charge in [-0.1, -0.05) is 42.5 Å². The molecule has 0 saturated carbocycles. The zero-order chi connectivity index (χ0) is 23.1. The van der Waals surface area contributed by atoms with Crippen molar-refractivity contribution in [3.63, 3.8) is 0 Å². The lowest BCUT2D eigenvalue weighted by molar-refractivity contribution is 0.0126. The van der Waals surface area contributed by atoms with Crippen LogP contribution in [-0.4, -0.2) is 54.0 Å². The van der Waals surface area contributed by atoms with E-state index in [0.29, 0.717) is 42.8 Å². The molecule has 0 radical (unpaired) electrons. The Morgan fingerprint density at radius 1 is 0.969 bits per heavy atom. The summed E-state index contributed by atoms with van der Waals surface area (Å²) in [6.45, 7) is 6.49. The number of amides is 2. The second kappa shape index (κ2) is 10.3. The van der Waals surface area contributed by atoms with Crippen LogP contribution >= 0.6 is 0 Å². The predicted molar refractivity (Wildman–Crippen MR) is 121 cm³/mol. The van der Waals surface area contributed by atoms with Gasteiger partial charge in [-0.25, -0.2) is 4.79 Å². The van der Waals surface area contributed by atoms with E-state index in [2.05, 4.69) is 5.32 Å². The summed E-state index contributed by atoms with van der Waals surface area (Å²) in [5.74, 6) is -0.0594. The molecule has 1 saturated heterocycles. The molecule has 2 aromatic rings. The fourth-order valence-corrected chi connectivity index (χ4v) is 3.40. The Kier molecular flexibility index (Phi) is 7.51. The lowest BCUT2D eigenvalue weighted by atomic mass is 10.1. The molecule has 0 aromatic heterocycles. The summed E-state index contributed by atoms with van der Waals surface area (Å²) in [7, 11) is 0. The number of nitrogens with one attached hydrogen (secondary N) is 1. The number of ketones is 1. The van der Waals surface area contributed by atoms with E-state index < -0.39 is 5.60 Å². The number of carbonyl (C=O) groups is 3. The zero-order valence-corrected chi connectivity index (χ0v) is 18.8. The first kappa shape index (κ1) is 23.3. The Morgan fingerprint density at radius 3 is 2.25 bits per heavy atom. The number of hydrogen-bond donors (Lipinski definition) is 1. The number of nitrogens with zero attached hydrogens (tertiary/aromatic N) is 1. The molecule has 32 heavy (non-hydrogen) atoms. The summed E-state index contributed by atoms with van der Waals surface area (Å²) in [5.41, 5.74) is 0.399. The van der Waals surface area contributed by atoms with Gasteiger partial charge < -0.3 is 19.7 Å². The molecule has 3 rings (SSSR count). The van der Waals surface area contributed by atoms with Crippen molar-refractivity contribution in [2.45, 2.75) is 45.3 Å². The molecule has 0 spiro atoms. The minimum absolute atomic E-state index is 0.0918. The first-order valence-electron chi connectivity index (χ1n) is 10.8. The molecule has 7 nitrogen and oxygen atoms in total. The molecule has 2 amide bonds. The molecule has 1 fully saturated rings. The number of rotatable bonds is 6. The van der Waals surface area contributed by atoms with Crippen molar-refractivity contribution in [1.82, 2.24) is 10.2 Å². The lowest BCUT2D eigenvalue weighted by Crippen LogP contribution is -2.44. The highest BCUT2D eigenvalue weighted by Gasteiger charge is 2.28. The number of likely N-dealkylation sites (tertiary alicyclic amines) is 1. The van der Waals surface area contributed by atoms with E-state index in [-0.39, 0.29) is 30.4 Å². The van der Waals surface area contributed by atoms with Crippen molar-refractivity contribution in [3.8, 4) is 5.75 Å². The summed E-state index contributed by atoms with van der Waals surface area (Å²) < 4.78 is 11.5. The fourth-order valence-electron chi connectivity index (χ4n) is 3.40. The van der Waals surface area contributed by atoms with Crippen molar-refractivity contribution in [2.24, 2.45) is 0 Å². The highest BCUT2D eigenvalue weighted by molar-refractivity contribution is 6.03. The first-order valence-corrected chi connectivity index (χ1v) is 10.8. The highest BCUT2D eigenvalue weighted by atomic mass is 16.6. The van der Waals surface area contributed by atoms with Crippen LogP contribution in [0.5, 0.6) is 5.75 Å². The minimum atomic E-state index is -0.529. The van der Waals surface area contributed by atoms with Crippen molar-refractivity contribution in [1.29, 1.82) is 0 Å². The Labute approximate surface area is 188 Å². The molecule has 0 bridgehead atoms. The highest BCUT2D eigenvalue weighted by Crippen LogP contribution is 2.24. The van der Waals surface area contributed by atoms with E-state index in [1.54, 1.807) is 53.4 Å². The smallest absolute Gasteiger partial charge is 0.410 e. The van der Waals surface area contributed by atoms with Crippen molar-refractivity contribution in [2.75, 3.05) is 19.6 Å². The second-order valence-corrected chi connectivity index (χ2v) is 8.75. The van der Waals surface area contributed by atoms with E-state index in [1.807, 2.05) is 26.8 Å². The molecule has 1 aliphatic rings. The van der Waals surface area contributed by atoms with E-state index in [1.165, 1.54) is 0 Å². The molecular formula is C25H30N2O5. The summed E-state index contributed by atoms with van der Waals surface area (Å²) >= 11 is 0. The number of ether oxygens (including phenoxy) is 2. The van der Waals surface area contributed by atoms with Crippen LogP contribution in [0.25, 0.3) is 0 Å². The van der Waals surface area contributed by atoms with Crippen LogP contribution in [0, 0.1) is 0 Å². The molecule has 7 heteroatoms. The average Bonchev–Trinajstić information content (AvgIpc) is 2.77. The maximum atomic E-state index is 12.7. The van der Waals surface area contributed by atoms with Crippen molar-refractivity contribution >= 4 is 17.8 Å². The standard InChI is InChI=1S/C25H30N2O5/c1-25(2,3)32-24(30)27-15-13-19(14-16-27)31-22-12-8-7-11-20(22)23(29)26-17-21(28)18-9-5-4-6-10-18/h4-12,19H,13-17H2,1-3H3,(H,26,29). The quantitative estimate of drug-likeness (QED) is 0.687. The van der Waals surface area contributed by atoms with Gasteiger partial charge >= 0.3 is 6.09 Å². The lowest BCUT2D eigenvalue weighted by Gasteiger charge is -2.33. The minimum Gasteiger partial charge on any atom is -0.489 e. The van der Waals surface area contributed by atoms with E-state index in [0.717, 1.165) is 0 Å². The third-order valence-corrected chi connectivity index (χ3v) is 5.02. The molecule has 0 unspecified atom stereocenters. The van der Waals surface area contributed by atoms with Gasteiger partial charge in [0.2, 0.25) is 0 Å². The third-order valence-electron chi connectivity index (χ3n) is 5.02. The normalized spacial score (nSPS) is 14.5. The first-order chi connectivity index (χ1) is 15.2. The maximum absolute atomic E-state index is 12.7. The Morgan fingerprint density at radius 2 is 1.59 bits per heavy atom. The topological polar surface area (TPSA) is 84.9 Å². The summed E-state index contributed by atoms with van der Waals surface area (Å²) in [4.78, 5) is 38.9. The Hall–Kier alpha value is -3.35. The van der Waals surface area contributed by atoms with Crippen LogP contribution in [0.1, 0.15) is 54.3 Å². The van der Waals surface area contributed by atoms with Gasteiger partial charge in [-0.3, -0.25) is 9.59 Å². The van der Waals surface area contributed by atoms with Gasteiger partial charge in [0.1, 0.15) is 17.5 Å². The maximum Gasteiger partial charge on any atom is 0.410 e. The summed E-state index contributed by atoms with van der Waals surface area (Å²) in [6, 6.07) is 15.8. The van der Waals surface area contributed by atoms with Gasteiger partial charge in [-0.15, -0.1) is 0 Å². The van der Waals surface area contributed by atoms with Gasteiger partial charge in [0.15, 0.2) is 5.78 Å². The number of hydrogen-bond acceptors (Lipinski definition) is 5. The molecule has 1 N–H and O–H groups in total. The van der Waals surface area contributed by atoms with E-state index >= 15 is 0 Å². The molecule has 170 valence electrons. The van der Waals surface area contributed by atoms with Crippen LogP contribution < -0.4 is 10.1 Å². The van der Waals surface area contributed by atoms with Gasteiger partial charge in [0, 0.05) is 31.5 Å². The average molecular weight is 439 g/mol. The molecular weight excluding hydrogens is 408 g/mol. The Bertz CT molecular complexity index is 944. The number of piperidine rings is 1. The third kappa shape index (κ3) is 6.57. The zero-order valence-electron chi connectivity index (χ0n) is 18.8. The van der Waals surface area contributed by atoms with Crippen LogP contribution in [0.4, 0.5) is 4.79 Å². The monoisotopic (exact) mass is 438 g/mol. The van der Waals surface area contributed by atoms with E-state index in [4.69, 9.17) is 9.47 Å². The van der Waals surface area contributed by atoms with Crippen LogP contribution in [-0.2, 0) is 4.74 Å².